The fraction of sp³-hybridized carbons (Fsp3) is 0.278. The third-order valence-corrected chi connectivity index (χ3v) is 3.80. The van der Waals surface area contributed by atoms with Crippen LogP contribution in [0.2, 0.25) is 0 Å². The standard InChI is InChI=1S/C18H18O5/c1-20-14-7-3-12(4-8-14)17-18(23-16(19)11-22-17)13-5-9-15(21-2)10-6-13/h3-10,17-18H,11H2,1-2H3/t17-,18-/m1/s1. The Hall–Kier alpha value is -2.53. The van der Waals surface area contributed by atoms with Gasteiger partial charge in [0.1, 0.15) is 24.2 Å². The van der Waals surface area contributed by atoms with E-state index in [1.54, 1.807) is 14.2 Å². The topological polar surface area (TPSA) is 54.0 Å². The van der Waals surface area contributed by atoms with Crippen molar-refractivity contribution < 1.29 is 23.7 Å². The molecular formula is C18H18O5. The van der Waals surface area contributed by atoms with Gasteiger partial charge in [-0.05, 0) is 35.4 Å². The Labute approximate surface area is 134 Å². The van der Waals surface area contributed by atoms with Crippen LogP contribution in [-0.4, -0.2) is 26.8 Å². The molecule has 1 aliphatic heterocycles. The molecule has 5 nitrogen and oxygen atoms in total. The number of carbonyl (C=O) groups is 1. The van der Waals surface area contributed by atoms with Gasteiger partial charge in [-0.25, -0.2) is 4.79 Å². The van der Waals surface area contributed by atoms with Gasteiger partial charge in [-0.2, -0.15) is 0 Å². The SMILES string of the molecule is COc1ccc([C@H]2OCC(=O)O[C@@H]2c2ccc(OC)cc2)cc1. The monoisotopic (exact) mass is 314 g/mol. The largest absolute Gasteiger partial charge is 0.497 e. The second kappa shape index (κ2) is 6.71. The highest BCUT2D eigenvalue weighted by Crippen LogP contribution is 2.38. The normalized spacial score (nSPS) is 20.7. The van der Waals surface area contributed by atoms with E-state index in [1.807, 2.05) is 48.5 Å². The number of cyclic esters (lactones) is 1. The minimum absolute atomic E-state index is 0.0522. The van der Waals surface area contributed by atoms with E-state index in [2.05, 4.69) is 0 Å². The van der Waals surface area contributed by atoms with Gasteiger partial charge < -0.3 is 18.9 Å². The Morgan fingerprint density at radius 1 is 0.826 bits per heavy atom. The highest BCUT2D eigenvalue weighted by atomic mass is 16.6. The van der Waals surface area contributed by atoms with Crippen LogP contribution in [0.3, 0.4) is 0 Å². The van der Waals surface area contributed by atoms with Gasteiger partial charge in [0.15, 0.2) is 6.10 Å². The van der Waals surface area contributed by atoms with Crippen molar-refractivity contribution >= 4 is 5.97 Å². The minimum atomic E-state index is -0.490. The van der Waals surface area contributed by atoms with E-state index >= 15 is 0 Å². The van der Waals surface area contributed by atoms with E-state index < -0.39 is 6.10 Å². The molecule has 2 aromatic carbocycles. The summed E-state index contributed by atoms with van der Waals surface area (Å²) in [4.78, 5) is 11.7. The van der Waals surface area contributed by atoms with Gasteiger partial charge in [0.05, 0.1) is 14.2 Å². The van der Waals surface area contributed by atoms with Crippen LogP contribution in [0.25, 0.3) is 0 Å². The number of rotatable bonds is 4. The summed E-state index contributed by atoms with van der Waals surface area (Å²) in [5.74, 6) is 1.15. The Balaban J connectivity index is 1.90. The number of methoxy groups -OCH3 is 2. The third-order valence-electron chi connectivity index (χ3n) is 3.80. The lowest BCUT2D eigenvalue weighted by atomic mass is 9.97. The fourth-order valence-electron chi connectivity index (χ4n) is 2.58. The van der Waals surface area contributed by atoms with Crippen molar-refractivity contribution in [3.63, 3.8) is 0 Å². The van der Waals surface area contributed by atoms with Gasteiger partial charge in [-0.3, -0.25) is 0 Å². The first-order valence-corrected chi connectivity index (χ1v) is 7.30. The third kappa shape index (κ3) is 3.29. The molecular weight excluding hydrogens is 296 g/mol. The van der Waals surface area contributed by atoms with E-state index in [0.717, 1.165) is 22.6 Å². The molecule has 0 aromatic heterocycles. The predicted octanol–water partition coefficient (Wildman–Crippen LogP) is 3.06. The smallest absolute Gasteiger partial charge is 0.332 e. The molecule has 2 atom stereocenters. The van der Waals surface area contributed by atoms with Crippen LogP contribution in [0.4, 0.5) is 0 Å². The average molecular weight is 314 g/mol. The summed E-state index contributed by atoms with van der Waals surface area (Å²) in [5.41, 5.74) is 1.79. The summed E-state index contributed by atoms with van der Waals surface area (Å²) >= 11 is 0. The van der Waals surface area contributed by atoms with Gasteiger partial charge in [0.2, 0.25) is 0 Å². The molecule has 1 saturated heterocycles. The van der Waals surface area contributed by atoms with Crippen LogP contribution >= 0.6 is 0 Å². The van der Waals surface area contributed by atoms with Crippen molar-refractivity contribution in [3.8, 4) is 11.5 Å². The molecule has 5 heteroatoms. The highest BCUT2D eigenvalue weighted by molar-refractivity contribution is 5.72. The van der Waals surface area contributed by atoms with Gasteiger partial charge >= 0.3 is 5.97 Å². The summed E-state index contributed by atoms with van der Waals surface area (Å²) < 4.78 is 21.6. The summed E-state index contributed by atoms with van der Waals surface area (Å²) in [6.45, 7) is -0.0522. The molecule has 2 aromatic rings. The Bertz CT molecular complexity index is 663. The van der Waals surface area contributed by atoms with Crippen LogP contribution < -0.4 is 9.47 Å². The van der Waals surface area contributed by atoms with Gasteiger partial charge in [0.25, 0.3) is 0 Å². The lowest BCUT2D eigenvalue weighted by Crippen LogP contribution is -2.30. The zero-order valence-electron chi connectivity index (χ0n) is 13.0. The molecule has 0 bridgehead atoms. The first kappa shape index (κ1) is 15.4. The van der Waals surface area contributed by atoms with Crippen LogP contribution in [0.15, 0.2) is 48.5 Å². The Morgan fingerprint density at radius 2 is 1.30 bits per heavy atom. The van der Waals surface area contributed by atoms with Crippen LogP contribution in [0.5, 0.6) is 11.5 Å². The average Bonchev–Trinajstić information content (AvgIpc) is 2.62. The van der Waals surface area contributed by atoms with E-state index in [-0.39, 0.29) is 18.7 Å². The van der Waals surface area contributed by atoms with Crippen LogP contribution in [-0.2, 0) is 14.3 Å². The zero-order valence-corrected chi connectivity index (χ0v) is 13.0. The molecule has 0 N–H and O–H groups in total. The molecule has 1 heterocycles. The van der Waals surface area contributed by atoms with E-state index in [1.165, 1.54) is 0 Å². The number of hydrogen-bond donors (Lipinski definition) is 0. The molecule has 1 aliphatic rings. The second-order valence-corrected chi connectivity index (χ2v) is 5.19. The predicted molar refractivity (Wildman–Crippen MR) is 83.5 cm³/mol. The lowest BCUT2D eigenvalue weighted by Gasteiger charge is -2.32. The Morgan fingerprint density at radius 3 is 1.78 bits per heavy atom. The summed E-state index contributed by atoms with van der Waals surface area (Å²) in [6.07, 6.45) is -0.845. The number of esters is 1. The van der Waals surface area contributed by atoms with Crippen LogP contribution in [0, 0.1) is 0 Å². The van der Waals surface area contributed by atoms with Crippen LogP contribution in [0.1, 0.15) is 23.3 Å². The van der Waals surface area contributed by atoms with E-state index in [9.17, 15) is 4.79 Å². The first-order chi connectivity index (χ1) is 11.2. The number of carbonyl (C=O) groups excluding carboxylic acids is 1. The maximum Gasteiger partial charge on any atom is 0.332 e. The molecule has 0 spiro atoms. The molecule has 0 saturated carbocycles. The Kier molecular flexibility index (Phi) is 4.48. The first-order valence-electron chi connectivity index (χ1n) is 7.30. The molecule has 0 radical (unpaired) electrons. The summed E-state index contributed by atoms with van der Waals surface area (Å²) in [6, 6.07) is 15.0. The van der Waals surface area contributed by atoms with Crippen molar-refractivity contribution in [1.82, 2.24) is 0 Å². The number of hydrogen-bond acceptors (Lipinski definition) is 5. The molecule has 120 valence electrons. The van der Waals surface area contributed by atoms with Crippen molar-refractivity contribution in [3.05, 3.63) is 59.7 Å². The van der Waals surface area contributed by atoms with Gasteiger partial charge in [0, 0.05) is 0 Å². The summed E-state index contributed by atoms with van der Waals surface area (Å²) in [5, 5.41) is 0. The quantitative estimate of drug-likeness (QED) is 0.812. The van der Waals surface area contributed by atoms with Crippen molar-refractivity contribution in [1.29, 1.82) is 0 Å². The molecule has 23 heavy (non-hydrogen) atoms. The molecule has 3 rings (SSSR count). The lowest BCUT2D eigenvalue weighted by molar-refractivity contribution is -0.185. The van der Waals surface area contributed by atoms with Crippen molar-refractivity contribution in [2.75, 3.05) is 20.8 Å². The highest BCUT2D eigenvalue weighted by Gasteiger charge is 2.34. The van der Waals surface area contributed by atoms with Crippen molar-refractivity contribution in [2.45, 2.75) is 12.2 Å². The van der Waals surface area contributed by atoms with Gasteiger partial charge in [-0.1, -0.05) is 24.3 Å². The zero-order chi connectivity index (χ0) is 16.2. The minimum Gasteiger partial charge on any atom is -0.497 e. The van der Waals surface area contributed by atoms with Crippen molar-refractivity contribution in [2.24, 2.45) is 0 Å². The van der Waals surface area contributed by atoms with E-state index in [0.29, 0.717) is 0 Å². The maximum absolute atomic E-state index is 11.7. The molecule has 0 amide bonds. The molecule has 0 aliphatic carbocycles. The summed E-state index contributed by atoms with van der Waals surface area (Å²) in [7, 11) is 3.23. The second-order valence-electron chi connectivity index (χ2n) is 5.19. The van der Waals surface area contributed by atoms with Gasteiger partial charge in [-0.15, -0.1) is 0 Å². The number of benzene rings is 2. The number of ether oxygens (including phenoxy) is 4. The maximum atomic E-state index is 11.7. The fourth-order valence-corrected chi connectivity index (χ4v) is 2.58. The molecule has 0 unspecified atom stereocenters. The van der Waals surface area contributed by atoms with E-state index in [4.69, 9.17) is 18.9 Å². The molecule has 1 fully saturated rings.